The van der Waals surface area contributed by atoms with Crippen LogP contribution in [0.25, 0.3) is 0 Å². The molecule has 1 N–H and O–H groups in total. The predicted molar refractivity (Wildman–Crippen MR) is 57.6 cm³/mol. The van der Waals surface area contributed by atoms with E-state index in [4.69, 9.17) is 10.4 Å². The summed E-state index contributed by atoms with van der Waals surface area (Å²) < 4.78 is 0. The Morgan fingerprint density at radius 3 is 2.69 bits per heavy atom. The molecular formula is C12H12N2O2. The van der Waals surface area contributed by atoms with Crippen molar-refractivity contribution < 1.29 is 9.90 Å². The van der Waals surface area contributed by atoms with E-state index in [0.717, 1.165) is 5.56 Å². The fourth-order valence-electron chi connectivity index (χ4n) is 2.13. The molecule has 16 heavy (non-hydrogen) atoms. The van der Waals surface area contributed by atoms with Crippen LogP contribution in [0.2, 0.25) is 0 Å². The Bertz CT molecular complexity index is 424. The largest absolute Gasteiger partial charge is 0.465 e. The predicted octanol–water partition coefficient (Wildman–Crippen LogP) is 2.25. The van der Waals surface area contributed by atoms with E-state index in [1.54, 1.807) is 0 Å². The van der Waals surface area contributed by atoms with Crippen molar-refractivity contribution in [2.45, 2.75) is 12.5 Å². The highest BCUT2D eigenvalue weighted by atomic mass is 16.4. The van der Waals surface area contributed by atoms with Crippen molar-refractivity contribution in [1.82, 2.24) is 4.90 Å². The van der Waals surface area contributed by atoms with Crippen molar-refractivity contribution in [2.75, 3.05) is 6.54 Å². The van der Waals surface area contributed by atoms with Crippen LogP contribution >= 0.6 is 0 Å². The number of rotatable bonds is 1. The summed E-state index contributed by atoms with van der Waals surface area (Å²) in [6.45, 7) is 0.311. The van der Waals surface area contributed by atoms with Crippen molar-refractivity contribution in [3.8, 4) is 6.07 Å². The number of likely N-dealkylation sites (tertiary alicyclic amines) is 1. The van der Waals surface area contributed by atoms with Crippen molar-refractivity contribution in [1.29, 1.82) is 5.26 Å². The molecule has 0 radical (unpaired) electrons. The first-order chi connectivity index (χ1) is 7.72. The molecule has 1 aromatic carbocycles. The Balaban J connectivity index is 2.26. The Labute approximate surface area is 93.7 Å². The first-order valence-corrected chi connectivity index (χ1v) is 5.16. The molecule has 4 heteroatoms. The summed E-state index contributed by atoms with van der Waals surface area (Å²) in [6.07, 6.45) is -0.362. The number of amides is 1. The normalized spacial score (nSPS) is 24.1. The molecule has 1 unspecified atom stereocenters. The molecule has 0 bridgehead atoms. The fourth-order valence-corrected chi connectivity index (χ4v) is 2.13. The lowest BCUT2D eigenvalue weighted by molar-refractivity contribution is 0.140. The second kappa shape index (κ2) is 4.23. The molecule has 0 aliphatic carbocycles. The van der Waals surface area contributed by atoms with Gasteiger partial charge in [-0.3, -0.25) is 4.90 Å². The van der Waals surface area contributed by atoms with E-state index in [1.807, 2.05) is 30.3 Å². The molecule has 1 saturated heterocycles. The van der Waals surface area contributed by atoms with Crippen LogP contribution in [0.5, 0.6) is 0 Å². The summed E-state index contributed by atoms with van der Waals surface area (Å²) in [4.78, 5) is 12.4. The van der Waals surface area contributed by atoms with Crippen molar-refractivity contribution in [2.24, 2.45) is 5.92 Å². The fraction of sp³-hybridized carbons (Fsp3) is 0.333. The number of carbonyl (C=O) groups is 1. The van der Waals surface area contributed by atoms with E-state index in [1.165, 1.54) is 4.90 Å². The molecular weight excluding hydrogens is 204 g/mol. The van der Waals surface area contributed by atoms with Crippen LogP contribution in [0.4, 0.5) is 4.79 Å². The van der Waals surface area contributed by atoms with Crippen molar-refractivity contribution in [3.63, 3.8) is 0 Å². The number of nitrogens with zero attached hydrogens (tertiary/aromatic N) is 2. The molecule has 1 aromatic rings. The Morgan fingerprint density at radius 1 is 1.44 bits per heavy atom. The summed E-state index contributed by atoms with van der Waals surface area (Å²) in [5.74, 6) is -0.193. The zero-order valence-corrected chi connectivity index (χ0v) is 8.71. The number of hydrogen-bond acceptors (Lipinski definition) is 2. The number of carboxylic acid groups (broad SMARTS) is 1. The third-order valence-electron chi connectivity index (χ3n) is 2.91. The van der Waals surface area contributed by atoms with E-state index >= 15 is 0 Å². The van der Waals surface area contributed by atoms with E-state index in [9.17, 15) is 4.79 Å². The summed E-state index contributed by atoms with van der Waals surface area (Å²) in [5.41, 5.74) is 0.961. The minimum Gasteiger partial charge on any atom is -0.465 e. The Hall–Kier alpha value is -2.02. The standard InChI is InChI=1S/C12H12N2O2/c13-7-9-6-11(14(8-9)12(15)16)10-4-2-1-3-5-10/h1-5,9,11H,6,8H2,(H,15,16)/t9-,11?/m0/s1. The van der Waals surface area contributed by atoms with E-state index in [0.29, 0.717) is 13.0 Å². The molecule has 1 heterocycles. The summed E-state index contributed by atoms with van der Waals surface area (Å²) in [6, 6.07) is 11.4. The van der Waals surface area contributed by atoms with Crippen LogP contribution in [0.1, 0.15) is 18.0 Å². The summed E-state index contributed by atoms with van der Waals surface area (Å²) >= 11 is 0. The van der Waals surface area contributed by atoms with E-state index in [2.05, 4.69) is 6.07 Å². The maximum Gasteiger partial charge on any atom is 0.407 e. The molecule has 2 atom stereocenters. The third-order valence-corrected chi connectivity index (χ3v) is 2.91. The van der Waals surface area contributed by atoms with Crippen LogP contribution in [-0.4, -0.2) is 22.6 Å². The molecule has 0 spiro atoms. The van der Waals surface area contributed by atoms with Gasteiger partial charge in [0.05, 0.1) is 18.0 Å². The smallest absolute Gasteiger partial charge is 0.407 e. The summed E-state index contributed by atoms with van der Waals surface area (Å²) in [5, 5.41) is 17.9. The first-order valence-electron chi connectivity index (χ1n) is 5.16. The molecule has 2 rings (SSSR count). The monoisotopic (exact) mass is 216 g/mol. The number of nitriles is 1. The third kappa shape index (κ3) is 1.84. The van der Waals surface area contributed by atoms with Crippen molar-refractivity contribution in [3.05, 3.63) is 35.9 Å². The number of hydrogen-bond donors (Lipinski definition) is 1. The van der Waals surface area contributed by atoms with Crippen LogP contribution < -0.4 is 0 Å². The topological polar surface area (TPSA) is 64.3 Å². The van der Waals surface area contributed by atoms with E-state index in [-0.39, 0.29) is 12.0 Å². The van der Waals surface area contributed by atoms with Gasteiger partial charge in [-0.2, -0.15) is 5.26 Å². The Kier molecular flexibility index (Phi) is 2.78. The molecule has 0 saturated carbocycles. The van der Waals surface area contributed by atoms with E-state index < -0.39 is 6.09 Å². The molecule has 1 aliphatic heterocycles. The summed E-state index contributed by atoms with van der Waals surface area (Å²) in [7, 11) is 0. The van der Waals surface area contributed by atoms with Gasteiger partial charge in [0.2, 0.25) is 0 Å². The van der Waals surface area contributed by atoms with Crippen LogP contribution in [0.15, 0.2) is 30.3 Å². The minimum atomic E-state index is -0.952. The molecule has 4 nitrogen and oxygen atoms in total. The second-order valence-electron chi connectivity index (χ2n) is 3.92. The van der Waals surface area contributed by atoms with Gasteiger partial charge in [-0.05, 0) is 12.0 Å². The van der Waals surface area contributed by atoms with Crippen LogP contribution in [-0.2, 0) is 0 Å². The maximum absolute atomic E-state index is 11.1. The average Bonchev–Trinajstić information content (AvgIpc) is 2.74. The van der Waals surface area contributed by atoms with Crippen LogP contribution in [0.3, 0.4) is 0 Å². The zero-order chi connectivity index (χ0) is 11.5. The highest BCUT2D eigenvalue weighted by molar-refractivity contribution is 5.66. The van der Waals surface area contributed by atoms with Gasteiger partial charge in [0.1, 0.15) is 0 Å². The van der Waals surface area contributed by atoms with Gasteiger partial charge in [-0.25, -0.2) is 4.79 Å². The number of benzene rings is 1. The highest BCUT2D eigenvalue weighted by Gasteiger charge is 2.35. The SMILES string of the molecule is N#C[C@@H]1CC(c2ccccc2)N(C(=O)O)C1. The highest BCUT2D eigenvalue weighted by Crippen LogP contribution is 2.34. The second-order valence-corrected chi connectivity index (χ2v) is 3.92. The van der Waals surface area contributed by atoms with Gasteiger partial charge < -0.3 is 5.11 Å². The lowest BCUT2D eigenvalue weighted by Crippen LogP contribution is -2.29. The molecule has 1 amide bonds. The lowest BCUT2D eigenvalue weighted by Gasteiger charge is -2.21. The maximum atomic E-state index is 11.1. The van der Waals surface area contributed by atoms with Gasteiger partial charge in [0.15, 0.2) is 0 Å². The lowest BCUT2D eigenvalue weighted by atomic mass is 10.0. The molecule has 0 aromatic heterocycles. The van der Waals surface area contributed by atoms with Gasteiger partial charge in [-0.1, -0.05) is 30.3 Å². The zero-order valence-electron chi connectivity index (χ0n) is 8.71. The molecule has 1 fully saturated rings. The van der Waals surface area contributed by atoms with Gasteiger partial charge in [0, 0.05) is 6.54 Å². The molecule has 1 aliphatic rings. The van der Waals surface area contributed by atoms with Gasteiger partial charge in [0.25, 0.3) is 0 Å². The quantitative estimate of drug-likeness (QED) is 0.783. The first kappa shape index (κ1) is 10.5. The van der Waals surface area contributed by atoms with Gasteiger partial charge in [-0.15, -0.1) is 0 Å². The molecule has 82 valence electrons. The van der Waals surface area contributed by atoms with Gasteiger partial charge >= 0.3 is 6.09 Å². The minimum absolute atomic E-state index is 0.177. The average molecular weight is 216 g/mol. The Morgan fingerprint density at radius 2 is 2.12 bits per heavy atom. The van der Waals surface area contributed by atoms with Crippen LogP contribution in [0, 0.1) is 17.2 Å². The van der Waals surface area contributed by atoms with Crippen molar-refractivity contribution >= 4 is 6.09 Å².